The van der Waals surface area contributed by atoms with E-state index in [0.717, 1.165) is 48.4 Å². The van der Waals surface area contributed by atoms with Crippen LogP contribution in [-0.2, 0) is 105 Å². The average molecular weight is 1320 g/mol. The van der Waals surface area contributed by atoms with Crippen LogP contribution < -0.4 is 0 Å². The lowest BCUT2D eigenvalue weighted by atomic mass is 9.93. The molecule has 5 aliphatic rings. The molecule has 0 bridgehead atoms. The van der Waals surface area contributed by atoms with Crippen LogP contribution in [0.4, 0.5) is 0 Å². The van der Waals surface area contributed by atoms with E-state index in [9.17, 15) is 24.0 Å². The summed E-state index contributed by atoms with van der Waals surface area (Å²) in [4.78, 5) is 85.3. The Bertz CT molecular complexity index is 3500. The van der Waals surface area contributed by atoms with Gasteiger partial charge in [0.1, 0.15) is 61.5 Å². The smallest absolute Gasteiger partial charge is 0.338 e. The number of carbonyl (C=O) groups is 6. The number of rotatable bonds is 26. The van der Waals surface area contributed by atoms with Crippen molar-refractivity contribution in [2.24, 2.45) is 0 Å². The Labute approximate surface area is 552 Å². The number of imide groups is 1. The summed E-state index contributed by atoms with van der Waals surface area (Å²) in [5.41, 5.74) is 3.20. The van der Waals surface area contributed by atoms with E-state index in [-0.39, 0.29) is 49.7 Å². The van der Waals surface area contributed by atoms with E-state index in [4.69, 9.17) is 71.1 Å². The summed E-state index contributed by atoms with van der Waals surface area (Å²) in [5, 5.41) is 0. The minimum absolute atomic E-state index is 0.00703. The molecule has 0 N–H and O–H groups in total. The zero-order chi connectivity index (χ0) is 66.6. The molecule has 0 spiro atoms. The first-order valence-electron chi connectivity index (χ1n) is 31.8. The van der Waals surface area contributed by atoms with Gasteiger partial charge in [-0.05, 0) is 47.0 Å². The van der Waals surface area contributed by atoms with Gasteiger partial charge in [0.25, 0.3) is 11.8 Å². The van der Waals surface area contributed by atoms with Gasteiger partial charge in [-0.25, -0.2) is 4.79 Å². The molecule has 95 heavy (non-hydrogen) atoms. The van der Waals surface area contributed by atoms with Gasteiger partial charge in [0.2, 0.25) is 0 Å². The van der Waals surface area contributed by atoms with Crippen molar-refractivity contribution in [3.8, 4) is 0 Å². The molecule has 11 rings (SSSR count). The summed E-state index contributed by atoms with van der Waals surface area (Å²) >= 11 is 0. The Morgan fingerprint density at radius 1 is 0.484 bits per heavy atom. The Balaban J connectivity index is 1.07. The molecule has 0 saturated carbocycles. The molecule has 16 atom stereocenters. The standard InChI is InChI=1S/C72H79NO21Si/c1-44(74)82-42-55-58(86-45(2)75)61(87-46(3)76)57(73-66(77)52-34-22-23-35-53(52)67(73)78)70(88-55)94-63-60-56(43-85-69(92-60)51-32-20-11-21-33-51)90-72(65(63)91-68(79)50-30-18-10-19-31-50)93-59-54(41-80-38-47-24-12-7-13-25-47)89-71(81-36-37-95(4,5)6)64(84-40-49-28-16-9-17-29-49)62(59)83-39-48-26-14-8-15-27-48/h7-35,54-65,69-72H,36-43H2,1-6H3/t54-,55-,56-,57-,58-,59-,60-,61-,62+,63+,64-,65+,69-,70+,71-,72+/m1/s1. The molecule has 6 aromatic rings. The van der Waals surface area contributed by atoms with E-state index in [1.165, 1.54) is 12.1 Å². The monoisotopic (exact) mass is 1320 g/mol. The minimum atomic E-state index is -1.96. The van der Waals surface area contributed by atoms with Crippen LogP contribution in [0.1, 0.15) is 80.4 Å². The first kappa shape index (κ1) is 68.5. The van der Waals surface area contributed by atoms with Crippen LogP contribution in [0.2, 0.25) is 25.7 Å². The molecule has 4 saturated heterocycles. The number of hydrogen-bond acceptors (Lipinski definition) is 21. The maximum absolute atomic E-state index is 15.1. The molecule has 23 heteroatoms. The number of hydrogen-bond donors (Lipinski definition) is 0. The van der Waals surface area contributed by atoms with Gasteiger partial charge in [0, 0.05) is 41.0 Å². The molecular formula is C72H79NO21Si. The van der Waals surface area contributed by atoms with E-state index < -0.39 is 149 Å². The number of amides is 2. The number of fused-ring (bicyclic) bond motifs is 2. The van der Waals surface area contributed by atoms with Crippen LogP contribution >= 0.6 is 0 Å². The zero-order valence-electron chi connectivity index (χ0n) is 53.7. The second-order valence-electron chi connectivity index (χ2n) is 24.9. The third-order valence-corrected chi connectivity index (χ3v) is 18.4. The SMILES string of the molecule is CC(=O)OC[C@H]1O[C@@H](O[C@@H]2[C@H](OC(=O)c3ccccc3)[C@H](O[C@H]3[C@H](OCc4ccccc4)[C@@H](OCc4ccccc4)[C@H](OCC[Si](C)(C)C)O[C@@H]3COCc3ccccc3)O[C@@H]3CO[C@@H](c4ccccc4)O[C@@H]23)[C@H](N2C(=O)c3ccccc3C2=O)[C@@H](OC(C)=O)[C@@H]1OC(C)=O. The summed E-state index contributed by atoms with van der Waals surface area (Å²) < 4.78 is 101. The molecule has 0 radical (unpaired) electrons. The maximum atomic E-state index is 15.1. The zero-order valence-corrected chi connectivity index (χ0v) is 54.7. The fourth-order valence-corrected chi connectivity index (χ4v) is 12.8. The van der Waals surface area contributed by atoms with Crippen LogP contribution in [0.3, 0.4) is 0 Å². The Morgan fingerprint density at radius 3 is 1.58 bits per heavy atom. The number of nitrogens with zero attached hydrogens (tertiary/aromatic N) is 1. The van der Waals surface area contributed by atoms with E-state index in [0.29, 0.717) is 12.2 Å². The summed E-state index contributed by atoms with van der Waals surface area (Å²) in [5.74, 6) is -5.15. The average Bonchev–Trinajstić information content (AvgIpc) is 1.73. The van der Waals surface area contributed by atoms with Gasteiger partial charge in [0.15, 0.2) is 43.5 Å². The molecule has 5 aliphatic heterocycles. The quantitative estimate of drug-likeness (QED) is 0.0213. The number of esters is 4. The highest BCUT2D eigenvalue weighted by molar-refractivity contribution is 6.76. The highest BCUT2D eigenvalue weighted by Crippen LogP contribution is 2.43. The first-order valence-corrected chi connectivity index (χ1v) is 35.5. The molecule has 502 valence electrons. The summed E-state index contributed by atoms with van der Waals surface area (Å²) in [6, 6.07) is 50.9. The largest absolute Gasteiger partial charge is 0.463 e. The molecule has 5 heterocycles. The fourth-order valence-electron chi connectivity index (χ4n) is 12.1. The van der Waals surface area contributed by atoms with E-state index in [2.05, 4.69) is 19.6 Å². The van der Waals surface area contributed by atoms with Crippen LogP contribution in [0.5, 0.6) is 0 Å². The molecule has 0 aromatic heterocycles. The van der Waals surface area contributed by atoms with Crippen LogP contribution in [0.25, 0.3) is 0 Å². The molecule has 4 fully saturated rings. The molecule has 2 amide bonds. The molecule has 6 aromatic carbocycles. The third kappa shape index (κ3) is 17.2. The van der Waals surface area contributed by atoms with Crippen LogP contribution in [0.15, 0.2) is 176 Å². The van der Waals surface area contributed by atoms with Gasteiger partial charge in [-0.1, -0.05) is 171 Å². The minimum Gasteiger partial charge on any atom is -0.463 e. The second-order valence-corrected chi connectivity index (χ2v) is 30.5. The Hall–Kier alpha value is -7.88. The van der Waals surface area contributed by atoms with Gasteiger partial charge in [0.05, 0.1) is 49.7 Å². The third-order valence-electron chi connectivity index (χ3n) is 16.7. The lowest BCUT2D eigenvalue weighted by Gasteiger charge is -2.53. The summed E-state index contributed by atoms with van der Waals surface area (Å²) in [6.45, 7) is 9.74. The van der Waals surface area contributed by atoms with E-state index in [1.54, 1.807) is 66.7 Å². The fraction of sp³-hybridized carbons (Fsp3) is 0.417. The highest BCUT2D eigenvalue weighted by Gasteiger charge is 2.62. The highest BCUT2D eigenvalue weighted by atomic mass is 28.3. The molecular weight excluding hydrogens is 1240 g/mol. The van der Waals surface area contributed by atoms with E-state index in [1.807, 2.05) is 97.1 Å². The Morgan fingerprint density at radius 2 is 1.00 bits per heavy atom. The topological polar surface area (TPSA) is 244 Å². The number of benzene rings is 6. The van der Waals surface area contributed by atoms with Crippen molar-refractivity contribution in [3.63, 3.8) is 0 Å². The number of carbonyl (C=O) groups excluding carboxylic acids is 6. The van der Waals surface area contributed by atoms with Gasteiger partial charge >= 0.3 is 23.9 Å². The predicted molar refractivity (Wildman–Crippen MR) is 340 cm³/mol. The van der Waals surface area contributed by atoms with Crippen LogP contribution in [-0.4, -0.2) is 167 Å². The lowest BCUT2D eigenvalue weighted by molar-refractivity contribution is -0.405. The van der Waals surface area contributed by atoms with E-state index >= 15 is 4.79 Å². The van der Waals surface area contributed by atoms with Crippen molar-refractivity contribution in [2.75, 3.05) is 26.4 Å². The second kappa shape index (κ2) is 31.8. The first-order chi connectivity index (χ1) is 46.0. The van der Waals surface area contributed by atoms with Crippen molar-refractivity contribution in [1.29, 1.82) is 0 Å². The lowest BCUT2D eigenvalue weighted by Crippen LogP contribution is -2.71. The predicted octanol–water partition coefficient (Wildman–Crippen LogP) is 9.11. The van der Waals surface area contributed by atoms with Crippen molar-refractivity contribution >= 4 is 43.8 Å². The Kier molecular flexibility index (Phi) is 22.9. The number of ether oxygens (including phenoxy) is 15. The maximum Gasteiger partial charge on any atom is 0.338 e. The molecule has 22 nitrogen and oxygen atoms in total. The summed E-state index contributed by atoms with van der Waals surface area (Å²) in [6.07, 6.45) is -21.2. The van der Waals surface area contributed by atoms with Gasteiger partial charge < -0.3 is 71.1 Å². The molecule has 0 aliphatic carbocycles. The normalized spacial score (nSPS) is 28.2. The molecule has 0 unspecified atom stereocenters. The summed E-state index contributed by atoms with van der Waals surface area (Å²) in [7, 11) is -1.70. The van der Waals surface area contributed by atoms with Gasteiger partial charge in [-0.3, -0.25) is 28.9 Å². The van der Waals surface area contributed by atoms with Crippen molar-refractivity contribution < 1.29 is 99.8 Å². The van der Waals surface area contributed by atoms with Crippen molar-refractivity contribution in [2.45, 2.75) is 165 Å². The van der Waals surface area contributed by atoms with Crippen LogP contribution in [0, 0.1) is 0 Å². The van der Waals surface area contributed by atoms with Gasteiger partial charge in [-0.2, -0.15) is 0 Å². The van der Waals surface area contributed by atoms with Gasteiger partial charge in [-0.15, -0.1) is 0 Å². The van der Waals surface area contributed by atoms with Crippen molar-refractivity contribution in [3.05, 3.63) is 215 Å². The van der Waals surface area contributed by atoms with Crippen molar-refractivity contribution in [1.82, 2.24) is 4.90 Å².